The van der Waals surface area contributed by atoms with Crippen molar-refractivity contribution in [1.82, 2.24) is 9.55 Å². The molecular weight excluding hydrogens is 346 g/mol. The van der Waals surface area contributed by atoms with Crippen molar-refractivity contribution in [2.24, 2.45) is 7.05 Å². The maximum Gasteiger partial charge on any atom is 0.250 e. The summed E-state index contributed by atoms with van der Waals surface area (Å²) in [4.78, 5) is 19.2. The van der Waals surface area contributed by atoms with Gasteiger partial charge in [0, 0.05) is 31.4 Å². The number of rotatable bonds is 5. The van der Waals surface area contributed by atoms with E-state index < -0.39 is 0 Å². The average Bonchev–Trinajstić information content (AvgIpc) is 3.12. The van der Waals surface area contributed by atoms with Crippen LogP contribution in [0.3, 0.4) is 0 Å². The Kier molecular flexibility index (Phi) is 4.33. The van der Waals surface area contributed by atoms with Crippen molar-refractivity contribution in [2.45, 2.75) is 6.61 Å². The largest absolute Gasteiger partial charge is 0.491 e. The molecule has 136 valence electrons. The van der Waals surface area contributed by atoms with Crippen LogP contribution in [-0.2, 0) is 13.7 Å². The molecule has 3 heterocycles. The minimum absolute atomic E-state index is 0.0825. The molecule has 0 saturated carbocycles. The molecule has 7 heteroatoms. The van der Waals surface area contributed by atoms with Crippen molar-refractivity contribution >= 4 is 11.1 Å². The zero-order valence-electron chi connectivity index (χ0n) is 14.9. The molecule has 4 rings (SSSR count). The molecule has 0 aliphatic carbocycles. The minimum Gasteiger partial charge on any atom is -0.491 e. The molecule has 3 aromatic heterocycles. The number of aryl methyl sites for hydroxylation is 1. The number of methoxy groups -OCH3 is 1. The summed E-state index contributed by atoms with van der Waals surface area (Å²) in [6.07, 6.45) is 3.48. The van der Waals surface area contributed by atoms with E-state index in [-0.39, 0.29) is 5.56 Å². The molecule has 0 unspecified atom stereocenters. The van der Waals surface area contributed by atoms with Gasteiger partial charge in [-0.2, -0.15) is 0 Å². The summed E-state index contributed by atoms with van der Waals surface area (Å²) in [6.45, 7) is 0.390. The summed E-state index contributed by atoms with van der Waals surface area (Å²) < 4.78 is 18.2. The third kappa shape index (κ3) is 3.52. The first-order chi connectivity index (χ1) is 13.1. The number of fused-ring (bicyclic) bond motifs is 1. The molecule has 0 bridgehead atoms. The molecule has 0 radical (unpaired) electrons. The van der Waals surface area contributed by atoms with Gasteiger partial charge in [-0.3, -0.25) is 4.79 Å². The van der Waals surface area contributed by atoms with Crippen LogP contribution in [-0.4, -0.2) is 16.7 Å². The lowest BCUT2D eigenvalue weighted by Gasteiger charge is -2.03. The number of hydrogen-bond donors (Lipinski definition) is 0. The number of nitrogens with zero attached hydrogens (tertiary/aromatic N) is 2. The number of hydrogen-bond acceptors (Lipinski definition) is 5. The van der Waals surface area contributed by atoms with Crippen LogP contribution in [0.1, 0.15) is 5.69 Å². The van der Waals surface area contributed by atoms with Crippen molar-refractivity contribution in [1.29, 1.82) is 0 Å². The van der Waals surface area contributed by atoms with Gasteiger partial charge in [0.1, 0.15) is 11.3 Å². The fourth-order valence-electron chi connectivity index (χ4n) is 2.66. The monoisotopic (exact) mass is 364 g/mol. The third-order valence-electron chi connectivity index (χ3n) is 4.17. The molecule has 0 aliphatic heterocycles. The molecule has 0 atom stereocenters. The van der Waals surface area contributed by atoms with Crippen molar-refractivity contribution < 1.29 is 18.9 Å². The first-order valence-electron chi connectivity index (χ1n) is 8.37. The molecule has 0 saturated heterocycles. The highest BCUT2D eigenvalue weighted by atomic mass is 16.5. The van der Waals surface area contributed by atoms with E-state index in [0.29, 0.717) is 29.3 Å². The maximum absolute atomic E-state index is 11.5. The normalized spacial score (nSPS) is 10.9. The molecule has 0 fully saturated rings. The van der Waals surface area contributed by atoms with Gasteiger partial charge in [0.25, 0.3) is 0 Å². The second kappa shape index (κ2) is 6.95. The summed E-state index contributed by atoms with van der Waals surface area (Å²) in [6, 6.07) is 12.4. The lowest BCUT2D eigenvalue weighted by atomic mass is 10.3. The van der Waals surface area contributed by atoms with E-state index in [1.54, 1.807) is 32.6 Å². The highest BCUT2D eigenvalue weighted by Gasteiger charge is 2.11. The standard InChI is InChI=1S/C20H17N3O4/c1-23-11-13(3-8-19(23)24)20-22-17-9-15(6-7-18(17)27-20)26-12-14-4-5-16(25-2)10-21-14/h3-11H,12H2,1-2H3/p+1. The first kappa shape index (κ1) is 16.8. The first-order valence-corrected chi connectivity index (χ1v) is 8.37. The molecule has 1 aromatic carbocycles. The molecule has 4 aromatic rings. The van der Waals surface area contributed by atoms with Crippen molar-refractivity contribution in [3.8, 4) is 23.0 Å². The van der Waals surface area contributed by atoms with E-state index in [1.807, 2.05) is 30.3 Å². The summed E-state index contributed by atoms with van der Waals surface area (Å²) in [7, 11) is 3.31. The lowest BCUT2D eigenvalue weighted by Crippen LogP contribution is -2.13. The summed E-state index contributed by atoms with van der Waals surface area (Å²) in [5, 5.41) is 0. The fraction of sp³-hybridized carbons (Fsp3) is 0.150. The van der Waals surface area contributed by atoms with Gasteiger partial charge in [0.05, 0.1) is 12.7 Å². The molecule has 1 N–H and O–H groups in total. The number of benzene rings is 1. The number of pyridine rings is 2. The highest BCUT2D eigenvalue weighted by molar-refractivity contribution is 5.77. The Morgan fingerprint density at radius 3 is 2.74 bits per heavy atom. The molecule has 27 heavy (non-hydrogen) atoms. The predicted molar refractivity (Wildman–Crippen MR) is 98.6 cm³/mol. The van der Waals surface area contributed by atoms with Crippen LogP contribution in [0.5, 0.6) is 11.5 Å². The zero-order chi connectivity index (χ0) is 18.8. The van der Waals surface area contributed by atoms with Gasteiger partial charge < -0.3 is 18.5 Å². The molecule has 0 spiro atoms. The topological polar surface area (TPSA) is 80.6 Å². The van der Waals surface area contributed by atoms with Gasteiger partial charge >= 0.3 is 0 Å². The van der Waals surface area contributed by atoms with Crippen molar-refractivity contribution in [3.63, 3.8) is 0 Å². The van der Waals surface area contributed by atoms with Crippen LogP contribution in [0, 0.1) is 0 Å². The van der Waals surface area contributed by atoms with Crippen LogP contribution in [0.4, 0.5) is 0 Å². The van der Waals surface area contributed by atoms with E-state index in [0.717, 1.165) is 17.0 Å². The maximum atomic E-state index is 11.5. The Morgan fingerprint density at radius 1 is 1.15 bits per heavy atom. The van der Waals surface area contributed by atoms with Gasteiger partial charge in [-0.1, -0.05) is 0 Å². The minimum atomic E-state index is -0.0825. The number of nitrogens with one attached hydrogen (secondary N) is 1. The lowest BCUT2D eigenvalue weighted by molar-refractivity contribution is -0.395. The van der Waals surface area contributed by atoms with Crippen LogP contribution in [0.15, 0.2) is 64.1 Å². The Bertz CT molecular complexity index is 1150. The Balaban J connectivity index is 1.54. The van der Waals surface area contributed by atoms with E-state index in [2.05, 4.69) is 9.97 Å². The van der Waals surface area contributed by atoms with E-state index in [9.17, 15) is 4.79 Å². The van der Waals surface area contributed by atoms with Crippen LogP contribution in [0.25, 0.3) is 22.6 Å². The van der Waals surface area contributed by atoms with Gasteiger partial charge in [0.15, 0.2) is 17.9 Å². The third-order valence-corrected chi connectivity index (χ3v) is 4.17. The van der Waals surface area contributed by atoms with E-state index >= 15 is 0 Å². The van der Waals surface area contributed by atoms with Gasteiger partial charge in [-0.15, -0.1) is 0 Å². The molecular formula is C20H18N3O4+. The molecule has 0 amide bonds. The summed E-state index contributed by atoms with van der Waals surface area (Å²) >= 11 is 0. The van der Waals surface area contributed by atoms with Crippen LogP contribution in [0.2, 0.25) is 0 Å². The second-order valence-electron chi connectivity index (χ2n) is 6.06. The second-order valence-corrected chi connectivity index (χ2v) is 6.06. The smallest absolute Gasteiger partial charge is 0.250 e. The Morgan fingerprint density at radius 2 is 2.00 bits per heavy atom. The Labute approximate surface area is 154 Å². The van der Waals surface area contributed by atoms with Gasteiger partial charge in [-0.25, -0.2) is 9.97 Å². The molecule has 0 aliphatic rings. The van der Waals surface area contributed by atoms with Crippen LogP contribution >= 0.6 is 0 Å². The average molecular weight is 364 g/mol. The highest BCUT2D eigenvalue weighted by Crippen LogP contribution is 2.26. The van der Waals surface area contributed by atoms with Crippen LogP contribution < -0.4 is 20.0 Å². The number of oxazole rings is 1. The summed E-state index contributed by atoms with van der Waals surface area (Å²) in [5.41, 5.74) is 2.92. The predicted octanol–water partition coefficient (Wildman–Crippen LogP) is 2.60. The van der Waals surface area contributed by atoms with Gasteiger partial charge in [0.2, 0.25) is 23.3 Å². The van der Waals surface area contributed by atoms with Crippen molar-refractivity contribution in [3.05, 3.63) is 70.9 Å². The zero-order valence-corrected chi connectivity index (χ0v) is 14.9. The fourth-order valence-corrected chi connectivity index (χ4v) is 2.66. The summed E-state index contributed by atoms with van der Waals surface area (Å²) in [5.74, 6) is 1.90. The Hall–Kier alpha value is -3.61. The van der Waals surface area contributed by atoms with E-state index in [4.69, 9.17) is 13.9 Å². The number of aromatic amines is 1. The molecule has 7 nitrogen and oxygen atoms in total. The number of H-pyrrole nitrogens is 1. The number of aromatic nitrogens is 3. The van der Waals surface area contributed by atoms with Gasteiger partial charge in [-0.05, 0) is 24.3 Å². The number of ether oxygens (including phenoxy) is 2. The van der Waals surface area contributed by atoms with Crippen molar-refractivity contribution in [2.75, 3.05) is 7.11 Å². The SMILES string of the molecule is COc1ccc(COc2ccc3oc(-c4ccc(=O)n(C)c4)nc3c2)[nH+]c1. The van der Waals surface area contributed by atoms with E-state index in [1.165, 1.54) is 10.6 Å². The quantitative estimate of drug-likeness (QED) is 0.544.